The van der Waals surface area contributed by atoms with Crippen LogP contribution in [0.25, 0.3) is 21.7 Å². The van der Waals surface area contributed by atoms with E-state index in [1.54, 1.807) is 6.26 Å². The zero-order valence-corrected chi connectivity index (χ0v) is 21.0. The molecule has 0 saturated heterocycles. The first-order chi connectivity index (χ1) is 18.1. The van der Waals surface area contributed by atoms with Crippen LogP contribution in [0.4, 0.5) is 0 Å². The van der Waals surface area contributed by atoms with E-state index in [1.807, 2.05) is 36.4 Å². The highest BCUT2D eigenvalue weighted by Crippen LogP contribution is 2.30. The molecule has 1 fully saturated rings. The van der Waals surface area contributed by atoms with Gasteiger partial charge < -0.3 is 24.5 Å². The standard InChI is InChI=1S/C30H32N2O5/c1-20(33)31-14-12-22-5-2-4-21-6-3-7-28(29(21)22)36-17-16-35-25-10-11-27-26(18-25)24(19-37-27)13-15-32-30(34)23-8-9-23/h2-7,10-11,18-19,23H,8-9,12-17H2,1H3,(H,31,33)(H,32,34). The van der Waals surface area contributed by atoms with Crippen molar-refractivity contribution in [3.05, 3.63) is 72.0 Å². The summed E-state index contributed by atoms with van der Waals surface area (Å²) < 4.78 is 17.8. The topological polar surface area (TPSA) is 89.8 Å². The third-order valence-corrected chi connectivity index (χ3v) is 6.60. The minimum absolute atomic E-state index is 0.0325. The van der Waals surface area contributed by atoms with Crippen molar-refractivity contribution in [3.63, 3.8) is 0 Å². The van der Waals surface area contributed by atoms with Crippen LogP contribution in [0, 0.1) is 5.92 Å². The lowest BCUT2D eigenvalue weighted by Gasteiger charge is -2.14. The maximum Gasteiger partial charge on any atom is 0.223 e. The number of benzene rings is 3. The van der Waals surface area contributed by atoms with E-state index in [0.29, 0.717) is 32.7 Å². The number of nitrogens with one attached hydrogen (secondary N) is 2. The quantitative estimate of drug-likeness (QED) is 0.273. The Bertz CT molecular complexity index is 1400. The van der Waals surface area contributed by atoms with Crippen LogP contribution in [0.5, 0.6) is 11.5 Å². The Kier molecular flexibility index (Phi) is 7.59. The Hall–Kier alpha value is -4.00. The lowest BCUT2D eigenvalue weighted by Crippen LogP contribution is -2.26. The second kappa shape index (κ2) is 11.4. The summed E-state index contributed by atoms with van der Waals surface area (Å²) in [6.07, 6.45) is 5.20. The molecular formula is C30H32N2O5. The zero-order chi connectivity index (χ0) is 25.6. The van der Waals surface area contributed by atoms with Gasteiger partial charge in [0.05, 0.1) is 6.26 Å². The first kappa shape index (κ1) is 24.7. The molecule has 5 rings (SSSR count). The molecule has 192 valence electrons. The van der Waals surface area contributed by atoms with Crippen molar-refractivity contribution in [1.29, 1.82) is 0 Å². The summed E-state index contributed by atoms with van der Waals surface area (Å²) in [5.74, 6) is 1.89. The van der Waals surface area contributed by atoms with Gasteiger partial charge in [0.2, 0.25) is 11.8 Å². The predicted octanol–water partition coefficient (Wildman–Crippen LogP) is 4.79. The molecule has 4 aromatic rings. The van der Waals surface area contributed by atoms with Crippen LogP contribution < -0.4 is 20.1 Å². The van der Waals surface area contributed by atoms with Gasteiger partial charge in [-0.05, 0) is 60.9 Å². The van der Waals surface area contributed by atoms with E-state index < -0.39 is 0 Å². The first-order valence-corrected chi connectivity index (χ1v) is 12.9. The van der Waals surface area contributed by atoms with Gasteiger partial charge in [-0.25, -0.2) is 0 Å². The highest BCUT2D eigenvalue weighted by Gasteiger charge is 2.29. The van der Waals surface area contributed by atoms with Crippen LogP contribution in [0.15, 0.2) is 65.3 Å². The maximum absolute atomic E-state index is 11.9. The summed E-state index contributed by atoms with van der Waals surface area (Å²) >= 11 is 0. The Morgan fingerprint density at radius 1 is 0.919 bits per heavy atom. The number of ether oxygens (including phenoxy) is 2. The Balaban J connectivity index is 1.18. The highest BCUT2D eigenvalue weighted by molar-refractivity contribution is 5.91. The van der Waals surface area contributed by atoms with Gasteiger partial charge in [-0.3, -0.25) is 9.59 Å². The van der Waals surface area contributed by atoms with Crippen molar-refractivity contribution < 1.29 is 23.5 Å². The number of hydrogen-bond acceptors (Lipinski definition) is 5. The summed E-state index contributed by atoms with van der Waals surface area (Å²) in [6, 6.07) is 18.0. The Labute approximate surface area is 216 Å². The maximum atomic E-state index is 11.9. The number of rotatable bonds is 12. The normalized spacial score (nSPS) is 13.0. The molecule has 37 heavy (non-hydrogen) atoms. The number of hydrogen-bond donors (Lipinski definition) is 2. The molecule has 3 aromatic carbocycles. The number of amides is 2. The molecule has 7 nitrogen and oxygen atoms in total. The molecule has 0 aliphatic heterocycles. The minimum atomic E-state index is -0.0325. The van der Waals surface area contributed by atoms with Gasteiger partial charge in [-0.2, -0.15) is 0 Å². The van der Waals surface area contributed by atoms with E-state index in [9.17, 15) is 9.59 Å². The van der Waals surface area contributed by atoms with Gasteiger partial charge in [0.25, 0.3) is 0 Å². The van der Waals surface area contributed by atoms with Crippen LogP contribution in [0.2, 0.25) is 0 Å². The van der Waals surface area contributed by atoms with Crippen molar-refractivity contribution in [2.45, 2.75) is 32.6 Å². The molecule has 1 aliphatic rings. The zero-order valence-electron chi connectivity index (χ0n) is 21.0. The van der Waals surface area contributed by atoms with Crippen LogP contribution >= 0.6 is 0 Å². The van der Waals surface area contributed by atoms with Gasteiger partial charge in [0, 0.05) is 42.3 Å². The number of carbonyl (C=O) groups is 2. The smallest absolute Gasteiger partial charge is 0.223 e. The summed E-state index contributed by atoms with van der Waals surface area (Å²) in [7, 11) is 0. The fraction of sp³-hybridized carbons (Fsp3) is 0.333. The predicted molar refractivity (Wildman–Crippen MR) is 143 cm³/mol. The monoisotopic (exact) mass is 500 g/mol. The Morgan fingerprint density at radius 3 is 2.49 bits per heavy atom. The third kappa shape index (κ3) is 6.23. The van der Waals surface area contributed by atoms with Gasteiger partial charge in [0.1, 0.15) is 30.3 Å². The lowest BCUT2D eigenvalue weighted by atomic mass is 10.0. The van der Waals surface area contributed by atoms with Crippen molar-refractivity contribution in [1.82, 2.24) is 10.6 Å². The van der Waals surface area contributed by atoms with Crippen LogP contribution in [0.1, 0.15) is 30.9 Å². The number of furan rings is 1. The summed E-state index contributed by atoms with van der Waals surface area (Å²) in [5, 5.41) is 9.03. The largest absolute Gasteiger partial charge is 0.490 e. The molecular weight excluding hydrogens is 468 g/mol. The third-order valence-electron chi connectivity index (χ3n) is 6.60. The molecule has 2 amide bonds. The molecule has 1 aliphatic carbocycles. The lowest BCUT2D eigenvalue weighted by molar-refractivity contribution is -0.122. The molecule has 0 radical (unpaired) electrons. The number of carbonyl (C=O) groups excluding carboxylic acids is 2. The molecule has 1 saturated carbocycles. The number of fused-ring (bicyclic) bond motifs is 2. The van der Waals surface area contributed by atoms with E-state index in [2.05, 4.69) is 28.8 Å². The molecule has 2 N–H and O–H groups in total. The summed E-state index contributed by atoms with van der Waals surface area (Å²) in [6.45, 7) is 3.49. The highest BCUT2D eigenvalue weighted by atomic mass is 16.5. The average Bonchev–Trinajstić information content (AvgIpc) is 3.68. The minimum Gasteiger partial charge on any atom is -0.490 e. The van der Waals surface area contributed by atoms with Gasteiger partial charge in [0.15, 0.2) is 0 Å². The van der Waals surface area contributed by atoms with E-state index in [1.165, 1.54) is 6.92 Å². The molecule has 0 spiro atoms. The summed E-state index contributed by atoms with van der Waals surface area (Å²) in [4.78, 5) is 23.1. The van der Waals surface area contributed by atoms with Gasteiger partial charge >= 0.3 is 0 Å². The van der Waals surface area contributed by atoms with Crippen molar-refractivity contribution in [2.24, 2.45) is 5.92 Å². The second-order valence-electron chi connectivity index (χ2n) is 9.44. The van der Waals surface area contributed by atoms with Crippen molar-refractivity contribution in [2.75, 3.05) is 26.3 Å². The van der Waals surface area contributed by atoms with E-state index in [-0.39, 0.29) is 17.7 Å². The SMILES string of the molecule is CC(=O)NCCc1cccc2cccc(OCCOc3ccc4occ(CCNC(=O)C5CC5)c4c3)c12. The molecule has 0 bridgehead atoms. The second-order valence-corrected chi connectivity index (χ2v) is 9.44. The molecule has 7 heteroatoms. The van der Waals surface area contributed by atoms with Crippen LogP contribution in [0.3, 0.4) is 0 Å². The fourth-order valence-corrected chi connectivity index (χ4v) is 4.55. The van der Waals surface area contributed by atoms with Gasteiger partial charge in [-0.1, -0.05) is 30.3 Å². The van der Waals surface area contributed by atoms with Crippen molar-refractivity contribution in [3.8, 4) is 11.5 Å². The molecule has 0 atom stereocenters. The molecule has 1 aromatic heterocycles. The van der Waals surface area contributed by atoms with Gasteiger partial charge in [-0.15, -0.1) is 0 Å². The average molecular weight is 501 g/mol. The van der Waals surface area contributed by atoms with E-state index in [0.717, 1.165) is 63.6 Å². The fourth-order valence-electron chi connectivity index (χ4n) is 4.55. The molecule has 1 heterocycles. The van der Waals surface area contributed by atoms with Crippen molar-refractivity contribution >= 4 is 33.6 Å². The molecule has 0 unspecified atom stereocenters. The van der Waals surface area contributed by atoms with E-state index >= 15 is 0 Å². The summed E-state index contributed by atoms with van der Waals surface area (Å²) in [5.41, 5.74) is 2.99. The van der Waals surface area contributed by atoms with Crippen LogP contribution in [-0.4, -0.2) is 38.1 Å². The first-order valence-electron chi connectivity index (χ1n) is 12.9. The van der Waals surface area contributed by atoms with Crippen LogP contribution in [-0.2, 0) is 22.4 Å². The van der Waals surface area contributed by atoms with E-state index in [4.69, 9.17) is 13.9 Å². The Morgan fingerprint density at radius 2 is 1.68 bits per heavy atom.